The Morgan fingerprint density at radius 2 is 2.44 bits per heavy atom. The molecular weight excluding hydrogens is 204 g/mol. The van der Waals surface area contributed by atoms with Gasteiger partial charge in [0.05, 0.1) is 5.92 Å². The van der Waals surface area contributed by atoms with Crippen molar-refractivity contribution >= 4 is 11.7 Å². The minimum absolute atomic E-state index is 0.0677. The van der Waals surface area contributed by atoms with E-state index in [0.29, 0.717) is 11.9 Å². The van der Waals surface area contributed by atoms with Crippen molar-refractivity contribution in [3.05, 3.63) is 12.3 Å². The van der Waals surface area contributed by atoms with Gasteiger partial charge in [0, 0.05) is 31.9 Å². The lowest BCUT2D eigenvalue weighted by Gasteiger charge is -2.26. The largest absolute Gasteiger partial charge is 0.313 e. The van der Waals surface area contributed by atoms with Crippen LogP contribution in [0.5, 0.6) is 0 Å². The van der Waals surface area contributed by atoms with Gasteiger partial charge in [0.1, 0.15) is 0 Å². The first-order chi connectivity index (χ1) is 7.65. The molecule has 2 rings (SSSR count). The highest BCUT2D eigenvalue weighted by molar-refractivity contribution is 5.91. The molecule has 0 aromatic carbocycles. The Kier molecular flexibility index (Phi) is 3.24. The van der Waals surface area contributed by atoms with Crippen molar-refractivity contribution in [2.24, 2.45) is 13.0 Å². The molecule has 0 radical (unpaired) electrons. The fraction of sp³-hybridized carbons (Fsp3) is 0.636. The standard InChI is InChI=1S/C11H18N4O/c1-8-3-4-9(7-12-8)11(16)13-10-5-6-15(2)14-10/h5-6,8-9,12H,3-4,7H2,1-2H3,(H,13,14,16). The molecule has 1 aromatic rings. The molecule has 0 bridgehead atoms. The van der Waals surface area contributed by atoms with Gasteiger partial charge in [-0.05, 0) is 19.8 Å². The number of amides is 1. The molecule has 0 saturated carbocycles. The highest BCUT2D eigenvalue weighted by Crippen LogP contribution is 2.15. The summed E-state index contributed by atoms with van der Waals surface area (Å²) in [5, 5.41) is 10.3. The van der Waals surface area contributed by atoms with E-state index in [9.17, 15) is 4.79 Å². The zero-order chi connectivity index (χ0) is 11.5. The molecule has 2 unspecified atom stereocenters. The topological polar surface area (TPSA) is 59.0 Å². The lowest BCUT2D eigenvalue weighted by atomic mass is 9.95. The molecular formula is C11H18N4O. The number of aromatic nitrogens is 2. The van der Waals surface area contributed by atoms with Crippen molar-refractivity contribution in [1.29, 1.82) is 0 Å². The minimum atomic E-state index is 0.0677. The van der Waals surface area contributed by atoms with Crippen LogP contribution in [0.15, 0.2) is 12.3 Å². The van der Waals surface area contributed by atoms with Crippen molar-refractivity contribution in [2.45, 2.75) is 25.8 Å². The number of aryl methyl sites for hydroxylation is 1. The number of carbonyl (C=O) groups excluding carboxylic acids is 1. The molecule has 2 heterocycles. The van der Waals surface area contributed by atoms with Crippen LogP contribution in [0.25, 0.3) is 0 Å². The number of carbonyl (C=O) groups is 1. The molecule has 1 aromatic heterocycles. The third-order valence-electron chi connectivity index (χ3n) is 3.00. The summed E-state index contributed by atoms with van der Waals surface area (Å²) in [7, 11) is 1.83. The number of nitrogens with one attached hydrogen (secondary N) is 2. The van der Waals surface area contributed by atoms with Crippen molar-refractivity contribution < 1.29 is 4.79 Å². The second kappa shape index (κ2) is 4.65. The molecule has 2 atom stereocenters. The van der Waals surface area contributed by atoms with Gasteiger partial charge in [0.25, 0.3) is 0 Å². The van der Waals surface area contributed by atoms with Gasteiger partial charge in [-0.3, -0.25) is 9.48 Å². The third kappa shape index (κ3) is 2.61. The van der Waals surface area contributed by atoms with E-state index < -0.39 is 0 Å². The molecule has 1 aliphatic rings. The van der Waals surface area contributed by atoms with Crippen LogP contribution in [0.1, 0.15) is 19.8 Å². The van der Waals surface area contributed by atoms with Crippen molar-refractivity contribution in [3.63, 3.8) is 0 Å². The van der Waals surface area contributed by atoms with Gasteiger partial charge in [0.15, 0.2) is 5.82 Å². The molecule has 0 spiro atoms. The first-order valence-electron chi connectivity index (χ1n) is 5.69. The molecule has 1 saturated heterocycles. The molecule has 0 aliphatic carbocycles. The van der Waals surface area contributed by atoms with E-state index in [-0.39, 0.29) is 11.8 Å². The monoisotopic (exact) mass is 222 g/mol. The predicted octanol–water partition coefficient (Wildman–Crippen LogP) is 0.747. The predicted molar refractivity (Wildman–Crippen MR) is 62.0 cm³/mol. The molecule has 1 fully saturated rings. The minimum Gasteiger partial charge on any atom is -0.313 e. The van der Waals surface area contributed by atoms with Crippen molar-refractivity contribution in [2.75, 3.05) is 11.9 Å². The fourth-order valence-corrected chi connectivity index (χ4v) is 1.93. The average Bonchev–Trinajstić information content (AvgIpc) is 2.65. The van der Waals surface area contributed by atoms with Crippen molar-refractivity contribution in [1.82, 2.24) is 15.1 Å². The molecule has 88 valence electrons. The van der Waals surface area contributed by atoms with Gasteiger partial charge in [0.2, 0.25) is 5.91 Å². The molecule has 5 nitrogen and oxygen atoms in total. The Labute approximate surface area is 95.2 Å². The molecule has 1 amide bonds. The maximum atomic E-state index is 11.9. The van der Waals surface area contributed by atoms with Gasteiger partial charge >= 0.3 is 0 Å². The van der Waals surface area contributed by atoms with E-state index in [2.05, 4.69) is 22.7 Å². The van der Waals surface area contributed by atoms with Gasteiger partial charge in [-0.25, -0.2) is 0 Å². The number of hydrogen-bond donors (Lipinski definition) is 2. The lowest BCUT2D eigenvalue weighted by molar-refractivity contribution is -0.120. The second-order valence-electron chi connectivity index (χ2n) is 4.45. The highest BCUT2D eigenvalue weighted by atomic mass is 16.2. The Bertz CT molecular complexity index is 366. The Morgan fingerprint density at radius 3 is 3.00 bits per heavy atom. The Morgan fingerprint density at radius 1 is 1.62 bits per heavy atom. The number of piperidine rings is 1. The van der Waals surface area contributed by atoms with Crippen LogP contribution in [0, 0.1) is 5.92 Å². The number of hydrogen-bond acceptors (Lipinski definition) is 3. The fourth-order valence-electron chi connectivity index (χ4n) is 1.93. The van der Waals surface area contributed by atoms with Gasteiger partial charge in [-0.15, -0.1) is 0 Å². The summed E-state index contributed by atoms with van der Waals surface area (Å²) in [6.07, 6.45) is 3.82. The summed E-state index contributed by atoms with van der Waals surface area (Å²) in [4.78, 5) is 11.9. The third-order valence-corrected chi connectivity index (χ3v) is 3.00. The average molecular weight is 222 g/mol. The summed E-state index contributed by atoms with van der Waals surface area (Å²) < 4.78 is 1.68. The maximum Gasteiger partial charge on any atom is 0.229 e. The quantitative estimate of drug-likeness (QED) is 0.776. The van der Waals surface area contributed by atoms with Crippen LogP contribution in [0.4, 0.5) is 5.82 Å². The summed E-state index contributed by atoms with van der Waals surface area (Å²) in [6, 6.07) is 2.33. The summed E-state index contributed by atoms with van der Waals surface area (Å²) in [6.45, 7) is 2.91. The molecule has 2 N–H and O–H groups in total. The van der Waals surface area contributed by atoms with E-state index >= 15 is 0 Å². The smallest absolute Gasteiger partial charge is 0.229 e. The van der Waals surface area contributed by atoms with E-state index in [0.717, 1.165) is 19.4 Å². The highest BCUT2D eigenvalue weighted by Gasteiger charge is 2.24. The second-order valence-corrected chi connectivity index (χ2v) is 4.45. The van der Waals surface area contributed by atoms with Crippen LogP contribution < -0.4 is 10.6 Å². The first kappa shape index (κ1) is 11.1. The molecule has 1 aliphatic heterocycles. The summed E-state index contributed by atoms with van der Waals surface area (Å²) in [5.74, 6) is 0.766. The number of anilines is 1. The van der Waals surface area contributed by atoms with Crippen LogP contribution in [-0.2, 0) is 11.8 Å². The van der Waals surface area contributed by atoms with Crippen LogP contribution in [0.2, 0.25) is 0 Å². The Hall–Kier alpha value is -1.36. The van der Waals surface area contributed by atoms with E-state index in [4.69, 9.17) is 0 Å². The van der Waals surface area contributed by atoms with Gasteiger partial charge in [-0.1, -0.05) is 0 Å². The molecule has 16 heavy (non-hydrogen) atoms. The first-order valence-corrected chi connectivity index (χ1v) is 5.69. The maximum absolute atomic E-state index is 11.9. The summed E-state index contributed by atoms with van der Waals surface area (Å²) >= 11 is 0. The number of nitrogens with zero attached hydrogens (tertiary/aromatic N) is 2. The summed E-state index contributed by atoms with van der Waals surface area (Å²) in [5.41, 5.74) is 0. The van der Waals surface area contributed by atoms with Crippen LogP contribution >= 0.6 is 0 Å². The SMILES string of the molecule is CC1CCC(C(=O)Nc2ccn(C)n2)CN1. The zero-order valence-corrected chi connectivity index (χ0v) is 9.73. The van der Waals surface area contributed by atoms with E-state index in [1.807, 2.05) is 13.2 Å². The zero-order valence-electron chi connectivity index (χ0n) is 9.73. The van der Waals surface area contributed by atoms with E-state index in [1.165, 1.54) is 0 Å². The van der Waals surface area contributed by atoms with Crippen molar-refractivity contribution in [3.8, 4) is 0 Å². The normalized spacial score (nSPS) is 25.4. The van der Waals surface area contributed by atoms with Gasteiger partial charge in [-0.2, -0.15) is 5.10 Å². The molecule has 5 heteroatoms. The van der Waals surface area contributed by atoms with E-state index in [1.54, 1.807) is 10.7 Å². The Balaban J connectivity index is 1.88. The van der Waals surface area contributed by atoms with Crippen LogP contribution in [-0.4, -0.2) is 28.3 Å². The number of rotatable bonds is 2. The lowest BCUT2D eigenvalue weighted by Crippen LogP contribution is -2.41. The van der Waals surface area contributed by atoms with Crippen LogP contribution in [0.3, 0.4) is 0 Å². The van der Waals surface area contributed by atoms with Gasteiger partial charge < -0.3 is 10.6 Å².